The van der Waals surface area contributed by atoms with Gasteiger partial charge in [0.1, 0.15) is 0 Å². The molecule has 0 atom stereocenters. The summed E-state index contributed by atoms with van der Waals surface area (Å²) in [6.45, 7) is 6.68. The second-order valence-corrected chi connectivity index (χ2v) is 14.5. The van der Waals surface area contributed by atoms with Gasteiger partial charge in [-0.2, -0.15) is 0 Å². The van der Waals surface area contributed by atoms with Gasteiger partial charge in [0.2, 0.25) is 0 Å². The van der Waals surface area contributed by atoms with Crippen molar-refractivity contribution in [2.75, 3.05) is 0 Å². The van der Waals surface area contributed by atoms with Crippen LogP contribution < -0.4 is 15.6 Å². The molecule has 0 bridgehead atoms. The first-order valence-electron chi connectivity index (χ1n) is 12.4. The molecule has 0 saturated carbocycles. The van der Waals surface area contributed by atoms with Crippen LogP contribution in [-0.4, -0.2) is 8.07 Å². The average Bonchev–Trinajstić information content (AvgIpc) is 3.21. The summed E-state index contributed by atoms with van der Waals surface area (Å²) in [5, 5.41) is 5.99. The van der Waals surface area contributed by atoms with Gasteiger partial charge in [0.15, 0.2) is 0 Å². The average molecular weight is 613 g/mol. The number of hydrogen-bond acceptors (Lipinski definition) is 0. The van der Waals surface area contributed by atoms with Crippen molar-refractivity contribution in [1.29, 1.82) is 0 Å². The summed E-state index contributed by atoms with van der Waals surface area (Å²) in [6, 6.07) is 38.9. The van der Waals surface area contributed by atoms with Gasteiger partial charge in [0.05, 0.1) is 0 Å². The number of benzene rings is 4. The molecule has 0 amide bonds. The first-order valence-corrected chi connectivity index (χ1v) is 15.2. The van der Waals surface area contributed by atoms with Gasteiger partial charge in [-0.25, -0.2) is 0 Å². The van der Waals surface area contributed by atoms with Crippen LogP contribution in [-0.2, 0) is 26.9 Å². The molecule has 1 aliphatic carbocycles. The molecule has 0 heterocycles. The van der Waals surface area contributed by atoms with Crippen LogP contribution >= 0.6 is 37.2 Å². The normalized spacial score (nSPS) is 12.6. The number of halogens is 3. The summed E-state index contributed by atoms with van der Waals surface area (Å²) in [7, 11) is -2.54. The largest absolute Gasteiger partial charge is 0.147 e. The van der Waals surface area contributed by atoms with Crippen molar-refractivity contribution in [3.05, 3.63) is 146 Å². The van der Waals surface area contributed by atoms with Crippen molar-refractivity contribution in [2.45, 2.75) is 33.6 Å². The molecule has 0 aliphatic heterocycles. The van der Waals surface area contributed by atoms with Gasteiger partial charge in [0, 0.05) is 0 Å². The van der Waals surface area contributed by atoms with Gasteiger partial charge in [0.25, 0.3) is 0 Å². The Balaban J connectivity index is 0.00000169. The Hall–Kier alpha value is -1.84. The number of allylic oxidation sites excluding steroid dienone is 4. The van der Waals surface area contributed by atoms with E-state index in [1.54, 1.807) is 5.20 Å². The fourth-order valence-electron chi connectivity index (χ4n) is 5.60. The van der Waals surface area contributed by atoms with Crippen molar-refractivity contribution in [3.8, 4) is 0 Å². The molecular weight excluding hydrogens is 579 g/mol. The summed E-state index contributed by atoms with van der Waals surface area (Å²) >= 11 is 2.34. The zero-order chi connectivity index (χ0) is 24.4. The van der Waals surface area contributed by atoms with Crippen LogP contribution in [0.3, 0.4) is 0 Å². The Morgan fingerprint density at radius 1 is 0.605 bits per heavy atom. The standard InChI is InChI=1S/C33H31Si.3ClH.Ti/c1-25-11-7-17-30(21-25)34(31-18-8-12-26(2)22-31,32-19-9-13-27(3)23-32)33-20-10-16-29(33)24-28-14-5-4-6-15-28;;;;/h4-9,11-15,17-23H,10,24H2,1-3H3;3*1H;. The van der Waals surface area contributed by atoms with Crippen molar-refractivity contribution < 1.29 is 20.4 Å². The first kappa shape index (κ1) is 32.4. The quantitative estimate of drug-likeness (QED) is 0.159. The Morgan fingerprint density at radius 2 is 1.05 bits per heavy atom. The van der Waals surface area contributed by atoms with Gasteiger partial charge in [-0.15, -0.1) is 37.2 Å². The number of hydrogen-bond donors (Lipinski definition) is 0. The van der Waals surface area contributed by atoms with E-state index >= 15 is 0 Å². The summed E-state index contributed by atoms with van der Waals surface area (Å²) < 4.78 is 1.51. The van der Waals surface area contributed by atoms with Crippen molar-refractivity contribution in [2.24, 2.45) is 0 Å². The maximum absolute atomic E-state index is 2.56. The maximum atomic E-state index is 2.56. The van der Waals surface area contributed by atoms with Crippen LogP contribution in [0, 0.1) is 20.8 Å². The molecule has 195 valence electrons. The molecule has 0 spiro atoms. The Morgan fingerprint density at radius 3 is 1.47 bits per heavy atom. The predicted octanol–water partition coefficient (Wildman–Crippen LogP) is 7.26. The van der Waals surface area contributed by atoms with Crippen LogP contribution in [0.25, 0.3) is 0 Å². The van der Waals surface area contributed by atoms with E-state index in [1.165, 1.54) is 47.3 Å². The van der Waals surface area contributed by atoms with Crippen molar-refractivity contribution in [1.82, 2.24) is 0 Å². The minimum atomic E-state index is -2.54. The van der Waals surface area contributed by atoms with E-state index in [-0.39, 0.29) is 37.2 Å². The minimum absolute atomic E-state index is 0. The third-order valence-electron chi connectivity index (χ3n) is 7.18. The van der Waals surface area contributed by atoms with Crippen LogP contribution in [0.15, 0.2) is 124 Å². The van der Waals surface area contributed by atoms with E-state index in [9.17, 15) is 0 Å². The van der Waals surface area contributed by atoms with E-state index in [0.717, 1.165) is 12.8 Å². The summed E-state index contributed by atoms with van der Waals surface area (Å²) in [5.41, 5.74) is 6.89. The molecule has 4 aromatic carbocycles. The van der Waals surface area contributed by atoms with Crippen LogP contribution in [0.4, 0.5) is 0 Å². The zero-order valence-electron chi connectivity index (χ0n) is 22.0. The predicted molar refractivity (Wildman–Crippen MR) is 170 cm³/mol. The third kappa shape index (κ3) is 6.31. The van der Waals surface area contributed by atoms with Gasteiger partial charge in [-0.05, 0) is 0 Å². The Labute approximate surface area is 259 Å². The van der Waals surface area contributed by atoms with Gasteiger partial charge in [-0.3, -0.25) is 0 Å². The van der Waals surface area contributed by atoms with Crippen LogP contribution in [0.1, 0.15) is 28.7 Å². The molecule has 0 unspecified atom stereocenters. The first-order chi connectivity index (χ1) is 17.0. The third-order valence-corrected chi connectivity index (χ3v) is 12.8. The van der Waals surface area contributed by atoms with E-state index in [2.05, 4.69) is 150 Å². The monoisotopic (exact) mass is 611 g/mol. The molecule has 0 saturated heterocycles. The SMILES string of the molecule is Cc1cccc([Si](C2=CC[C]([Ti])=C2Cc2ccccc2)(c2cccc(C)c2)c2cccc(C)c2)c1.Cl.Cl.Cl. The van der Waals surface area contributed by atoms with Crippen LogP contribution in [0.2, 0.25) is 0 Å². The molecule has 0 fully saturated rings. The number of rotatable bonds is 6. The smallest absolute Gasteiger partial charge is 0.147 e. The number of aryl methyl sites for hydroxylation is 3. The maximum Gasteiger partial charge on any atom is -0.147 e. The van der Waals surface area contributed by atoms with Gasteiger partial charge in [-0.1, -0.05) is 0 Å². The Kier molecular flexibility index (Phi) is 11.9. The minimum Gasteiger partial charge on any atom is -0.147 e. The molecular formula is C33H34Cl3SiTi. The second-order valence-electron chi connectivity index (χ2n) is 9.80. The molecule has 0 aromatic heterocycles. The summed E-state index contributed by atoms with van der Waals surface area (Å²) in [5.74, 6) is 0. The van der Waals surface area contributed by atoms with Crippen LogP contribution in [0.5, 0.6) is 0 Å². The van der Waals surface area contributed by atoms with E-state index in [1.807, 2.05) is 0 Å². The molecule has 5 heteroatoms. The van der Waals surface area contributed by atoms with E-state index in [4.69, 9.17) is 0 Å². The molecule has 1 aliphatic rings. The molecule has 0 N–H and O–H groups in total. The summed E-state index contributed by atoms with van der Waals surface area (Å²) in [6.07, 6.45) is 4.58. The zero-order valence-corrected chi connectivity index (χ0v) is 27.0. The molecule has 38 heavy (non-hydrogen) atoms. The molecule has 0 nitrogen and oxygen atoms in total. The fourth-order valence-corrected chi connectivity index (χ4v) is 11.7. The van der Waals surface area contributed by atoms with Gasteiger partial charge >= 0.3 is 224 Å². The van der Waals surface area contributed by atoms with Crippen molar-refractivity contribution >= 4 is 60.9 Å². The molecule has 0 radical (unpaired) electrons. The molecule has 4 aromatic rings. The fraction of sp³-hybridized carbons (Fsp3) is 0.152. The topological polar surface area (TPSA) is 0 Å². The van der Waals surface area contributed by atoms with E-state index < -0.39 is 8.07 Å². The Bertz CT molecular complexity index is 1330. The van der Waals surface area contributed by atoms with Gasteiger partial charge < -0.3 is 0 Å². The molecule has 5 rings (SSSR count). The second kappa shape index (κ2) is 14.0. The summed E-state index contributed by atoms with van der Waals surface area (Å²) in [4.78, 5) is 0. The van der Waals surface area contributed by atoms with E-state index in [0.29, 0.717) is 0 Å². The van der Waals surface area contributed by atoms with Crippen molar-refractivity contribution in [3.63, 3.8) is 0 Å².